The van der Waals surface area contributed by atoms with Gasteiger partial charge in [-0.15, -0.1) is 0 Å². The highest BCUT2D eigenvalue weighted by molar-refractivity contribution is 5.97. The molecule has 120 valence electrons. The predicted molar refractivity (Wildman–Crippen MR) is 89.3 cm³/mol. The number of fused-ring (bicyclic) bond motifs is 1. The van der Waals surface area contributed by atoms with Crippen molar-refractivity contribution in [3.05, 3.63) is 52.3 Å². The van der Waals surface area contributed by atoms with Gasteiger partial charge in [0.15, 0.2) is 0 Å². The average molecular weight is 310 g/mol. The summed E-state index contributed by atoms with van der Waals surface area (Å²) in [7, 11) is 0. The maximum Gasteiger partial charge on any atom is 0.254 e. The number of hydrogen-bond acceptors (Lipinski definition) is 2. The van der Waals surface area contributed by atoms with Crippen LogP contribution in [-0.4, -0.2) is 41.2 Å². The summed E-state index contributed by atoms with van der Waals surface area (Å²) in [4.78, 5) is 14.8. The van der Waals surface area contributed by atoms with E-state index in [4.69, 9.17) is 4.74 Å². The van der Waals surface area contributed by atoms with Crippen LogP contribution in [0.1, 0.15) is 32.9 Å². The Kier molecular flexibility index (Phi) is 3.31. The Balaban J connectivity index is 1.77. The fraction of sp³-hybridized carbons (Fsp3) is 0.421. The minimum Gasteiger partial charge on any atom is -0.371 e. The first-order valence-electron chi connectivity index (χ1n) is 8.24. The molecule has 2 aliphatic rings. The lowest BCUT2D eigenvalue weighted by Gasteiger charge is -2.30. The molecule has 4 nitrogen and oxygen atoms in total. The van der Waals surface area contributed by atoms with E-state index in [1.807, 2.05) is 4.90 Å². The van der Waals surface area contributed by atoms with Gasteiger partial charge in [-0.05, 0) is 62.6 Å². The molecule has 0 spiro atoms. The molecule has 3 heterocycles. The zero-order valence-electron chi connectivity index (χ0n) is 13.9. The number of rotatable bonds is 3. The van der Waals surface area contributed by atoms with E-state index in [1.165, 1.54) is 22.5 Å². The minimum absolute atomic E-state index is 0.147. The van der Waals surface area contributed by atoms with Gasteiger partial charge in [0, 0.05) is 35.7 Å². The highest BCUT2D eigenvalue weighted by Crippen LogP contribution is 2.28. The molecular weight excluding hydrogens is 288 g/mol. The highest BCUT2D eigenvalue weighted by atomic mass is 16.6. The van der Waals surface area contributed by atoms with Crippen LogP contribution in [0.15, 0.2) is 24.3 Å². The van der Waals surface area contributed by atoms with Crippen molar-refractivity contribution in [2.24, 2.45) is 0 Å². The van der Waals surface area contributed by atoms with Crippen molar-refractivity contribution in [1.82, 2.24) is 9.47 Å². The number of carbonyl (C=O) groups is 1. The van der Waals surface area contributed by atoms with Gasteiger partial charge in [-0.2, -0.15) is 0 Å². The Hall–Kier alpha value is -2.07. The molecule has 1 fully saturated rings. The number of nitrogens with zero attached hydrogens (tertiary/aromatic N) is 2. The van der Waals surface area contributed by atoms with Crippen LogP contribution in [-0.2, 0) is 11.2 Å². The molecule has 0 saturated carbocycles. The maximum atomic E-state index is 12.9. The van der Waals surface area contributed by atoms with Gasteiger partial charge in [0.1, 0.15) is 0 Å². The molecule has 1 aromatic heterocycles. The van der Waals surface area contributed by atoms with E-state index in [-0.39, 0.29) is 12.0 Å². The molecule has 0 aliphatic carbocycles. The Labute approximate surface area is 136 Å². The van der Waals surface area contributed by atoms with Crippen molar-refractivity contribution in [2.45, 2.75) is 33.3 Å². The van der Waals surface area contributed by atoms with Gasteiger partial charge in [-0.3, -0.25) is 4.79 Å². The van der Waals surface area contributed by atoms with Crippen molar-refractivity contribution in [3.8, 4) is 5.69 Å². The Morgan fingerprint density at radius 3 is 2.52 bits per heavy atom. The number of hydrogen-bond donors (Lipinski definition) is 0. The quantitative estimate of drug-likeness (QED) is 0.818. The van der Waals surface area contributed by atoms with Gasteiger partial charge in [-0.25, -0.2) is 0 Å². The molecule has 2 aromatic rings. The molecule has 0 radical (unpaired) electrons. The second kappa shape index (κ2) is 5.24. The Morgan fingerprint density at radius 2 is 1.87 bits per heavy atom. The van der Waals surface area contributed by atoms with Crippen molar-refractivity contribution in [1.29, 1.82) is 0 Å². The number of aryl methyl sites for hydroxylation is 3. The highest BCUT2D eigenvalue weighted by Gasteiger charge is 2.32. The first kappa shape index (κ1) is 14.5. The largest absolute Gasteiger partial charge is 0.371 e. The normalized spacial score (nSPS) is 19.9. The fourth-order valence-corrected chi connectivity index (χ4v) is 3.64. The van der Waals surface area contributed by atoms with Crippen LogP contribution in [0.5, 0.6) is 0 Å². The number of carbonyl (C=O) groups excluding carboxylic acids is 1. The fourth-order valence-electron chi connectivity index (χ4n) is 3.64. The van der Waals surface area contributed by atoms with Gasteiger partial charge in [0.25, 0.3) is 5.91 Å². The molecule has 1 amide bonds. The molecule has 4 rings (SSSR count). The third-order valence-electron chi connectivity index (χ3n) is 4.96. The zero-order chi connectivity index (χ0) is 16.1. The second-order valence-electron chi connectivity index (χ2n) is 6.70. The summed E-state index contributed by atoms with van der Waals surface area (Å²) in [5.41, 5.74) is 6.73. The van der Waals surface area contributed by atoms with Crippen LogP contribution in [0.4, 0.5) is 0 Å². The van der Waals surface area contributed by atoms with E-state index < -0.39 is 0 Å². The van der Waals surface area contributed by atoms with Crippen molar-refractivity contribution < 1.29 is 9.53 Å². The van der Waals surface area contributed by atoms with Crippen molar-refractivity contribution in [2.75, 3.05) is 19.7 Å². The van der Waals surface area contributed by atoms with E-state index >= 15 is 0 Å². The lowest BCUT2D eigenvalue weighted by molar-refractivity contribution is 0.0726. The first-order chi connectivity index (χ1) is 11.0. The van der Waals surface area contributed by atoms with E-state index in [9.17, 15) is 4.79 Å². The number of ether oxygens (including phenoxy) is 1. The summed E-state index contributed by atoms with van der Waals surface area (Å²) in [6.07, 6.45) is 1.18. The third-order valence-corrected chi connectivity index (χ3v) is 4.96. The van der Waals surface area contributed by atoms with Crippen LogP contribution in [0.25, 0.3) is 5.69 Å². The predicted octanol–water partition coefficient (Wildman–Crippen LogP) is 2.80. The summed E-state index contributed by atoms with van der Waals surface area (Å²) < 4.78 is 7.50. The number of amides is 1. The standard InChI is InChI=1S/C19H22N2O2/c1-12-8-15(21-13(2)4-5-14(21)3)9-18-17(12)6-7-20(19(18)22)10-16-11-23-16/h4-5,8-9,16H,6-7,10-11H2,1-3H3. The van der Waals surface area contributed by atoms with Gasteiger partial charge in [0.05, 0.1) is 12.7 Å². The van der Waals surface area contributed by atoms with Gasteiger partial charge >= 0.3 is 0 Å². The molecule has 1 atom stereocenters. The lowest BCUT2D eigenvalue weighted by Crippen LogP contribution is -2.40. The van der Waals surface area contributed by atoms with Crippen molar-refractivity contribution >= 4 is 5.91 Å². The van der Waals surface area contributed by atoms with E-state index in [1.54, 1.807) is 0 Å². The molecule has 23 heavy (non-hydrogen) atoms. The molecule has 1 aromatic carbocycles. The zero-order valence-corrected chi connectivity index (χ0v) is 13.9. The Bertz CT molecular complexity index is 767. The first-order valence-corrected chi connectivity index (χ1v) is 8.24. The van der Waals surface area contributed by atoms with Crippen molar-refractivity contribution in [3.63, 3.8) is 0 Å². The minimum atomic E-state index is 0.147. The topological polar surface area (TPSA) is 37.8 Å². The SMILES string of the molecule is Cc1cc(-n2c(C)ccc2C)cc2c1CCN(CC1CO1)C2=O. The summed E-state index contributed by atoms with van der Waals surface area (Å²) in [5, 5.41) is 0. The molecular formula is C19H22N2O2. The van der Waals surface area contributed by atoms with Gasteiger partial charge in [0.2, 0.25) is 0 Å². The molecule has 0 bridgehead atoms. The van der Waals surface area contributed by atoms with Crippen LogP contribution >= 0.6 is 0 Å². The van der Waals surface area contributed by atoms with Crippen LogP contribution in [0.2, 0.25) is 0 Å². The summed E-state index contributed by atoms with van der Waals surface area (Å²) in [5.74, 6) is 0.147. The molecule has 1 unspecified atom stereocenters. The summed E-state index contributed by atoms with van der Waals surface area (Å²) in [6.45, 7) is 8.62. The second-order valence-corrected chi connectivity index (χ2v) is 6.70. The number of epoxide rings is 1. The smallest absolute Gasteiger partial charge is 0.254 e. The van der Waals surface area contributed by atoms with Crippen LogP contribution in [0.3, 0.4) is 0 Å². The number of aromatic nitrogens is 1. The monoisotopic (exact) mass is 310 g/mol. The molecule has 1 saturated heterocycles. The van der Waals surface area contributed by atoms with E-state index in [0.29, 0.717) is 0 Å². The average Bonchev–Trinajstić information content (AvgIpc) is 3.27. The molecule has 2 aliphatic heterocycles. The van der Waals surface area contributed by atoms with Crippen LogP contribution < -0.4 is 0 Å². The maximum absolute atomic E-state index is 12.9. The number of benzene rings is 1. The van der Waals surface area contributed by atoms with E-state index in [2.05, 4.69) is 49.6 Å². The molecule has 0 N–H and O–H groups in total. The Morgan fingerprint density at radius 1 is 1.17 bits per heavy atom. The van der Waals surface area contributed by atoms with E-state index in [0.717, 1.165) is 37.4 Å². The lowest BCUT2D eigenvalue weighted by atomic mass is 9.93. The van der Waals surface area contributed by atoms with Crippen LogP contribution in [0, 0.1) is 20.8 Å². The molecule has 4 heteroatoms. The summed E-state index contributed by atoms with van der Waals surface area (Å²) >= 11 is 0. The van der Waals surface area contributed by atoms with Gasteiger partial charge in [-0.1, -0.05) is 0 Å². The summed E-state index contributed by atoms with van der Waals surface area (Å²) in [6, 6.07) is 8.49. The van der Waals surface area contributed by atoms with Gasteiger partial charge < -0.3 is 14.2 Å². The third kappa shape index (κ3) is 2.47.